The van der Waals surface area contributed by atoms with Gasteiger partial charge >= 0.3 is 0 Å². The van der Waals surface area contributed by atoms with Gasteiger partial charge in [0.2, 0.25) is 0 Å². The van der Waals surface area contributed by atoms with Gasteiger partial charge in [0.05, 0.1) is 27.2 Å². The van der Waals surface area contributed by atoms with Gasteiger partial charge < -0.3 is 15.1 Å². The number of thiophene rings is 1. The first-order valence-electron chi connectivity index (χ1n) is 8.10. The number of halogens is 1. The van der Waals surface area contributed by atoms with Gasteiger partial charge in [-0.1, -0.05) is 23.7 Å². The summed E-state index contributed by atoms with van der Waals surface area (Å²) >= 11 is 13.7. The van der Waals surface area contributed by atoms with Crippen LogP contribution in [0.2, 0.25) is 5.02 Å². The normalized spacial score (nSPS) is 10.9. The Morgan fingerprint density at radius 2 is 2.08 bits per heavy atom. The molecule has 2 rings (SSSR count). The number of rotatable bonds is 7. The average Bonchev–Trinajstić information content (AvgIpc) is 3.03. The monoisotopic (exact) mass is 382 g/mol. The molecule has 24 heavy (non-hydrogen) atoms. The van der Waals surface area contributed by atoms with Crippen LogP contribution in [0.15, 0.2) is 35.7 Å². The van der Waals surface area contributed by atoms with E-state index in [0.29, 0.717) is 0 Å². The molecule has 3 nitrogen and oxygen atoms in total. The average molecular weight is 383 g/mol. The van der Waals surface area contributed by atoms with Crippen molar-refractivity contribution in [1.82, 2.24) is 4.90 Å². The zero-order chi connectivity index (χ0) is 17.5. The molecule has 1 heterocycles. The van der Waals surface area contributed by atoms with Crippen molar-refractivity contribution in [3.05, 3.63) is 51.2 Å². The zero-order valence-corrected chi connectivity index (χ0v) is 16.8. The molecule has 0 aliphatic carbocycles. The van der Waals surface area contributed by atoms with Gasteiger partial charge in [0.1, 0.15) is 0 Å². The Balaban J connectivity index is 2.06. The number of hydrogen-bond donors (Lipinski definition) is 2. The Hall–Kier alpha value is -1.14. The minimum atomic E-state index is 0.752. The lowest BCUT2D eigenvalue weighted by Crippen LogP contribution is -3.05. The van der Waals surface area contributed by atoms with E-state index in [-0.39, 0.29) is 0 Å². The first kappa shape index (κ1) is 19.2. The Bertz CT molecular complexity index is 656. The molecule has 0 saturated heterocycles. The minimum Gasteiger partial charge on any atom is -0.344 e. The Morgan fingerprint density at radius 3 is 2.75 bits per heavy atom. The van der Waals surface area contributed by atoms with Crippen molar-refractivity contribution in [2.45, 2.75) is 19.9 Å². The number of nitrogens with one attached hydrogen (secondary N) is 2. The Kier molecular flexibility index (Phi) is 7.49. The Labute approximate surface area is 159 Å². The predicted octanol–water partition coefficient (Wildman–Crippen LogP) is 3.44. The Morgan fingerprint density at radius 1 is 1.29 bits per heavy atom. The molecule has 0 bridgehead atoms. The van der Waals surface area contributed by atoms with Gasteiger partial charge in [-0.25, -0.2) is 0 Å². The standard InChI is InChI=1S/C18H24ClN3S2/c1-14-16(19)8-4-9-17(14)20-18(23)22(11-6-10-21(2)3)13-15-7-5-12-24-15/h4-5,7-9,12H,6,10-11,13H2,1-3H3,(H,20,23)/p+1. The van der Waals surface area contributed by atoms with Gasteiger partial charge in [-0.15, -0.1) is 11.3 Å². The molecule has 2 aromatic rings. The summed E-state index contributed by atoms with van der Waals surface area (Å²) in [5.41, 5.74) is 2.00. The van der Waals surface area contributed by atoms with Crippen molar-refractivity contribution in [2.75, 3.05) is 32.5 Å². The molecule has 6 heteroatoms. The quantitative estimate of drug-likeness (QED) is 0.715. The fourth-order valence-corrected chi connectivity index (χ4v) is 3.56. The number of benzene rings is 1. The lowest BCUT2D eigenvalue weighted by Gasteiger charge is -2.26. The molecular formula is C18H25ClN3S2+. The van der Waals surface area contributed by atoms with E-state index < -0.39 is 0 Å². The van der Waals surface area contributed by atoms with E-state index in [0.717, 1.165) is 47.4 Å². The molecule has 2 N–H and O–H groups in total. The lowest BCUT2D eigenvalue weighted by molar-refractivity contribution is -0.858. The highest BCUT2D eigenvalue weighted by Crippen LogP contribution is 2.23. The maximum absolute atomic E-state index is 6.21. The van der Waals surface area contributed by atoms with Crippen LogP contribution in [0.4, 0.5) is 5.69 Å². The summed E-state index contributed by atoms with van der Waals surface area (Å²) in [7, 11) is 4.35. The lowest BCUT2D eigenvalue weighted by atomic mass is 10.2. The van der Waals surface area contributed by atoms with E-state index in [1.54, 1.807) is 11.3 Å². The van der Waals surface area contributed by atoms with Crippen LogP contribution in [0.5, 0.6) is 0 Å². The highest BCUT2D eigenvalue weighted by atomic mass is 35.5. The first-order chi connectivity index (χ1) is 11.5. The van der Waals surface area contributed by atoms with Gasteiger partial charge in [0.25, 0.3) is 0 Å². The maximum Gasteiger partial charge on any atom is 0.173 e. The van der Waals surface area contributed by atoms with Crippen molar-refractivity contribution in [3.63, 3.8) is 0 Å². The molecule has 0 amide bonds. The SMILES string of the molecule is Cc1c(Cl)cccc1NC(=S)N(CCC[NH+](C)C)Cc1cccs1. The number of anilines is 1. The molecule has 0 saturated carbocycles. The van der Waals surface area contributed by atoms with Crippen molar-refractivity contribution in [1.29, 1.82) is 0 Å². The summed E-state index contributed by atoms with van der Waals surface area (Å²) in [4.78, 5) is 5.01. The van der Waals surface area contributed by atoms with Crippen LogP contribution < -0.4 is 10.2 Å². The molecule has 0 spiro atoms. The number of nitrogens with zero attached hydrogens (tertiary/aromatic N) is 1. The van der Waals surface area contributed by atoms with Gasteiger partial charge in [0, 0.05) is 28.6 Å². The van der Waals surface area contributed by atoms with Gasteiger partial charge in [-0.05, 0) is 48.3 Å². The predicted molar refractivity (Wildman–Crippen MR) is 109 cm³/mol. The molecule has 0 aliphatic heterocycles. The number of thiocarbonyl (C=S) groups is 1. The molecular weight excluding hydrogens is 358 g/mol. The molecule has 0 fully saturated rings. The topological polar surface area (TPSA) is 19.7 Å². The van der Waals surface area contributed by atoms with E-state index in [2.05, 4.69) is 41.8 Å². The smallest absolute Gasteiger partial charge is 0.173 e. The van der Waals surface area contributed by atoms with Crippen LogP contribution in [0.25, 0.3) is 0 Å². The third kappa shape index (κ3) is 5.74. The fraction of sp³-hybridized carbons (Fsp3) is 0.389. The minimum absolute atomic E-state index is 0.752. The van der Waals surface area contributed by atoms with Crippen molar-refractivity contribution >= 4 is 46.0 Å². The summed E-state index contributed by atoms with van der Waals surface area (Å²) in [5.74, 6) is 0. The summed E-state index contributed by atoms with van der Waals surface area (Å²) in [6, 6.07) is 10.1. The van der Waals surface area contributed by atoms with Crippen LogP contribution in [0.1, 0.15) is 16.9 Å². The molecule has 0 atom stereocenters. The van der Waals surface area contributed by atoms with Gasteiger partial charge in [-0.2, -0.15) is 0 Å². The van der Waals surface area contributed by atoms with Crippen molar-refractivity contribution in [3.8, 4) is 0 Å². The van der Waals surface area contributed by atoms with E-state index in [1.165, 1.54) is 9.78 Å². The molecule has 0 aliphatic rings. The van der Waals surface area contributed by atoms with Crippen LogP contribution in [-0.4, -0.2) is 37.2 Å². The van der Waals surface area contributed by atoms with Gasteiger partial charge in [0.15, 0.2) is 5.11 Å². The van der Waals surface area contributed by atoms with Gasteiger partial charge in [-0.3, -0.25) is 0 Å². The highest BCUT2D eigenvalue weighted by Gasteiger charge is 2.13. The summed E-state index contributed by atoms with van der Waals surface area (Å²) < 4.78 is 0. The molecule has 130 valence electrons. The number of quaternary nitrogens is 1. The summed E-state index contributed by atoms with van der Waals surface area (Å²) in [6.07, 6.45) is 1.10. The second-order valence-electron chi connectivity index (χ2n) is 6.15. The largest absolute Gasteiger partial charge is 0.344 e. The van der Waals surface area contributed by atoms with E-state index >= 15 is 0 Å². The first-order valence-corrected chi connectivity index (χ1v) is 9.76. The summed E-state index contributed by atoms with van der Waals surface area (Å²) in [6.45, 7) is 4.91. The molecule has 0 unspecified atom stereocenters. The van der Waals surface area contributed by atoms with E-state index in [1.807, 2.05) is 25.1 Å². The van der Waals surface area contributed by atoms with E-state index in [4.69, 9.17) is 23.8 Å². The third-order valence-corrected chi connectivity index (χ3v) is 5.46. The van der Waals surface area contributed by atoms with Crippen molar-refractivity contribution in [2.24, 2.45) is 0 Å². The maximum atomic E-state index is 6.21. The zero-order valence-electron chi connectivity index (χ0n) is 14.4. The fourth-order valence-electron chi connectivity index (χ4n) is 2.40. The third-order valence-electron chi connectivity index (χ3n) is 3.83. The molecule has 1 aromatic heterocycles. The second-order valence-corrected chi connectivity index (χ2v) is 7.98. The number of hydrogen-bond acceptors (Lipinski definition) is 2. The molecule has 1 aromatic carbocycles. The van der Waals surface area contributed by atoms with Crippen molar-refractivity contribution < 1.29 is 4.90 Å². The van der Waals surface area contributed by atoms with Crippen LogP contribution >= 0.6 is 35.2 Å². The van der Waals surface area contributed by atoms with Crippen LogP contribution in [0.3, 0.4) is 0 Å². The van der Waals surface area contributed by atoms with Crippen LogP contribution in [0, 0.1) is 6.92 Å². The second kappa shape index (κ2) is 9.37. The highest BCUT2D eigenvalue weighted by molar-refractivity contribution is 7.80. The van der Waals surface area contributed by atoms with Crippen LogP contribution in [-0.2, 0) is 6.54 Å². The van der Waals surface area contributed by atoms with E-state index in [9.17, 15) is 0 Å². The summed E-state index contributed by atoms with van der Waals surface area (Å²) in [5, 5.41) is 6.98. The molecule has 0 radical (unpaired) electrons.